The van der Waals surface area contributed by atoms with Gasteiger partial charge in [-0.1, -0.05) is 13.8 Å². The van der Waals surface area contributed by atoms with Gasteiger partial charge in [-0.15, -0.1) is 0 Å². The van der Waals surface area contributed by atoms with Crippen molar-refractivity contribution in [1.29, 1.82) is 0 Å². The molecule has 0 spiro atoms. The number of hydrogen-bond acceptors (Lipinski definition) is 4. The molecule has 142 valence electrons. The molecule has 1 atom stereocenters. The van der Waals surface area contributed by atoms with E-state index in [0.29, 0.717) is 24.2 Å². The van der Waals surface area contributed by atoms with Crippen molar-refractivity contribution in [3.05, 3.63) is 41.1 Å². The first-order valence-corrected chi connectivity index (χ1v) is 9.59. The van der Waals surface area contributed by atoms with Crippen LogP contribution in [0.4, 0.5) is 0 Å². The molecule has 6 nitrogen and oxygen atoms in total. The van der Waals surface area contributed by atoms with Gasteiger partial charge < -0.3 is 14.6 Å². The number of hydrogen-bond donors (Lipinski definition) is 1. The fourth-order valence-electron chi connectivity index (χ4n) is 3.59. The third-order valence-electron chi connectivity index (χ3n) is 4.98. The van der Waals surface area contributed by atoms with Gasteiger partial charge in [-0.05, 0) is 50.8 Å². The summed E-state index contributed by atoms with van der Waals surface area (Å²) in [5, 5.41) is 8.30. The molecule has 0 saturated heterocycles. The Labute approximate surface area is 155 Å². The largest absolute Gasteiger partial charge is 0.467 e. The fraction of sp³-hybridized carbons (Fsp3) is 0.600. The van der Waals surface area contributed by atoms with Crippen molar-refractivity contribution < 1.29 is 9.21 Å². The quantitative estimate of drug-likeness (QED) is 0.827. The van der Waals surface area contributed by atoms with Crippen LogP contribution >= 0.6 is 0 Å². The van der Waals surface area contributed by atoms with E-state index in [1.807, 2.05) is 16.8 Å². The predicted octanol–water partition coefficient (Wildman–Crippen LogP) is 2.87. The number of carbonyl (C=O) groups is 1. The van der Waals surface area contributed by atoms with E-state index >= 15 is 0 Å². The zero-order valence-electron chi connectivity index (χ0n) is 16.3. The summed E-state index contributed by atoms with van der Waals surface area (Å²) in [4.78, 5) is 14.7. The zero-order valence-corrected chi connectivity index (χ0v) is 16.3. The van der Waals surface area contributed by atoms with Gasteiger partial charge >= 0.3 is 0 Å². The summed E-state index contributed by atoms with van der Waals surface area (Å²) in [7, 11) is 1.81. The molecule has 2 aromatic heterocycles. The first kappa shape index (κ1) is 18.7. The summed E-state index contributed by atoms with van der Waals surface area (Å²) in [6.07, 6.45) is 4.58. The van der Waals surface area contributed by atoms with Gasteiger partial charge in [0.2, 0.25) is 0 Å². The lowest BCUT2D eigenvalue weighted by Crippen LogP contribution is -2.37. The molecule has 0 saturated carbocycles. The molecule has 1 aliphatic rings. The van der Waals surface area contributed by atoms with Crippen molar-refractivity contribution in [1.82, 2.24) is 20.0 Å². The van der Waals surface area contributed by atoms with Gasteiger partial charge in [0.15, 0.2) is 5.69 Å². The third kappa shape index (κ3) is 4.01. The Kier molecular flexibility index (Phi) is 5.81. The van der Waals surface area contributed by atoms with Crippen LogP contribution < -0.4 is 5.32 Å². The van der Waals surface area contributed by atoms with Gasteiger partial charge in [-0.25, -0.2) is 0 Å². The van der Waals surface area contributed by atoms with Crippen LogP contribution in [0.1, 0.15) is 54.7 Å². The average Bonchev–Trinajstić information content (AvgIpc) is 3.26. The van der Waals surface area contributed by atoms with Crippen molar-refractivity contribution >= 4 is 5.91 Å². The predicted molar refractivity (Wildman–Crippen MR) is 101 cm³/mol. The number of nitrogens with zero attached hydrogens (tertiary/aromatic N) is 3. The van der Waals surface area contributed by atoms with Crippen LogP contribution in [0.15, 0.2) is 22.8 Å². The highest BCUT2D eigenvalue weighted by Gasteiger charge is 2.30. The van der Waals surface area contributed by atoms with Gasteiger partial charge in [0.1, 0.15) is 5.76 Å². The Morgan fingerprint density at radius 3 is 2.96 bits per heavy atom. The van der Waals surface area contributed by atoms with Crippen molar-refractivity contribution in [3.63, 3.8) is 0 Å². The van der Waals surface area contributed by atoms with Crippen molar-refractivity contribution in [2.24, 2.45) is 5.92 Å². The van der Waals surface area contributed by atoms with Crippen LogP contribution in [-0.2, 0) is 25.9 Å². The van der Waals surface area contributed by atoms with Gasteiger partial charge in [0, 0.05) is 30.9 Å². The molecular formula is C20H30N4O2. The Hall–Kier alpha value is -2.08. The van der Waals surface area contributed by atoms with Crippen LogP contribution in [0.3, 0.4) is 0 Å². The third-order valence-corrected chi connectivity index (χ3v) is 4.98. The van der Waals surface area contributed by atoms with E-state index < -0.39 is 0 Å². The maximum Gasteiger partial charge on any atom is 0.274 e. The molecule has 0 fully saturated rings. The molecule has 26 heavy (non-hydrogen) atoms. The number of amides is 1. The summed E-state index contributed by atoms with van der Waals surface area (Å²) < 4.78 is 7.37. The average molecular weight is 358 g/mol. The molecule has 6 heteroatoms. The number of carbonyl (C=O) groups excluding carboxylic acids is 1. The van der Waals surface area contributed by atoms with E-state index in [4.69, 9.17) is 4.42 Å². The Morgan fingerprint density at radius 2 is 2.31 bits per heavy atom. The summed E-state index contributed by atoms with van der Waals surface area (Å²) in [6, 6.07) is 4.14. The molecule has 0 aliphatic heterocycles. The highest BCUT2D eigenvalue weighted by Crippen LogP contribution is 2.26. The topological polar surface area (TPSA) is 63.3 Å². The smallest absolute Gasteiger partial charge is 0.274 e. The number of rotatable bonds is 7. The molecule has 2 heterocycles. The summed E-state index contributed by atoms with van der Waals surface area (Å²) >= 11 is 0. The number of nitrogens with one attached hydrogen (secondary N) is 1. The molecule has 1 amide bonds. The standard InChI is InChI=1S/C20H30N4O2/c1-5-24-18-9-8-15(21-12-14(2)3)11-17(18)19(22-24)20(25)23(4)13-16-7-6-10-26-16/h6-7,10,14-15,21H,5,8-9,11-13H2,1-4H3/t15-/m0/s1. The van der Waals surface area contributed by atoms with E-state index in [-0.39, 0.29) is 5.91 Å². The minimum Gasteiger partial charge on any atom is -0.467 e. The number of aryl methyl sites for hydroxylation is 1. The Morgan fingerprint density at radius 1 is 1.50 bits per heavy atom. The minimum absolute atomic E-state index is 0.0330. The normalized spacial score (nSPS) is 16.7. The molecule has 2 aromatic rings. The van der Waals surface area contributed by atoms with Gasteiger partial charge in [0.05, 0.1) is 12.8 Å². The maximum absolute atomic E-state index is 13.0. The van der Waals surface area contributed by atoms with E-state index in [0.717, 1.165) is 43.7 Å². The molecule has 0 bridgehead atoms. The molecule has 0 radical (unpaired) electrons. The highest BCUT2D eigenvalue weighted by atomic mass is 16.3. The minimum atomic E-state index is -0.0330. The summed E-state index contributed by atoms with van der Waals surface area (Å²) in [6.45, 7) is 8.76. The van der Waals surface area contributed by atoms with Crippen LogP contribution in [0, 0.1) is 5.92 Å². The van der Waals surface area contributed by atoms with E-state index in [1.165, 1.54) is 5.69 Å². The lowest BCUT2D eigenvalue weighted by molar-refractivity contribution is 0.0767. The summed E-state index contributed by atoms with van der Waals surface area (Å²) in [5.74, 6) is 1.37. The van der Waals surface area contributed by atoms with Crippen LogP contribution in [0.2, 0.25) is 0 Å². The molecule has 0 aromatic carbocycles. The number of furan rings is 1. The van der Waals surface area contributed by atoms with E-state index in [9.17, 15) is 4.79 Å². The second-order valence-electron chi connectivity index (χ2n) is 7.57. The Balaban J connectivity index is 1.79. The van der Waals surface area contributed by atoms with Crippen LogP contribution in [0.5, 0.6) is 0 Å². The van der Waals surface area contributed by atoms with E-state index in [1.54, 1.807) is 18.2 Å². The number of aromatic nitrogens is 2. The van der Waals surface area contributed by atoms with Gasteiger partial charge in [-0.3, -0.25) is 9.48 Å². The monoisotopic (exact) mass is 358 g/mol. The lowest BCUT2D eigenvalue weighted by Gasteiger charge is -2.25. The zero-order chi connectivity index (χ0) is 18.7. The second-order valence-corrected chi connectivity index (χ2v) is 7.57. The molecule has 1 N–H and O–H groups in total. The number of fused-ring (bicyclic) bond motifs is 1. The second kappa shape index (κ2) is 8.08. The first-order valence-electron chi connectivity index (χ1n) is 9.59. The van der Waals surface area contributed by atoms with Crippen LogP contribution in [0.25, 0.3) is 0 Å². The fourth-order valence-corrected chi connectivity index (χ4v) is 3.59. The van der Waals surface area contributed by atoms with Crippen molar-refractivity contribution in [3.8, 4) is 0 Å². The lowest BCUT2D eigenvalue weighted by atomic mass is 9.90. The molecular weight excluding hydrogens is 328 g/mol. The van der Waals surface area contributed by atoms with Crippen LogP contribution in [-0.4, -0.2) is 40.2 Å². The highest BCUT2D eigenvalue weighted by molar-refractivity contribution is 5.94. The SMILES string of the molecule is CCn1nc(C(=O)N(C)Cc2ccco2)c2c1CC[C@H](NCC(C)C)C2. The van der Waals surface area contributed by atoms with Crippen molar-refractivity contribution in [2.75, 3.05) is 13.6 Å². The molecule has 3 rings (SSSR count). The maximum atomic E-state index is 13.0. The summed E-state index contributed by atoms with van der Waals surface area (Å²) in [5.41, 5.74) is 2.95. The molecule has 1 aliphatic carbocycles. The molecule has 0 unspecified atom stereocenters. The van der Waals surface area contributed by atoms with E-state index in [2.05, 4.69) is 31.2 Å². The van der Waals surface area contributed by atoms with Gasteiger partial charge in [0.25, 0.3) is 5.91 Å². The van der Waals surface area contributed by atoms with Crippen molar-refractivity contribution in [2.45, 2.75) is 59.2 Å². The Bertz CT molecular complexity index is 733. The van der Waals surface area contributed by atoms with Gasteiger partial charge in [-0.2, -0.15) is 5.10 Å². The first-order chi connectivity index (χ1) is 12.5.